The van der Waals surface area contributed by atoms with Crippen LogP contribution in [0.25, 0.3) is 6.08 Å². The van der Waals surface area contributed by atoms with Gasteiger partial charge < -0.3 is 10.0 Å². The van der Waals surface area contributed by atoms with Gasteiger partial charge in [0.2, 0.25) is 0 Å². The van der Waals surface area contributed by atoms with Crippen LogP contribution in [0.4, 0.5) is 4.39 Å². The molecule has 0 radical (unpaired) electrons. The molecule has 1 N–H and O–H groups in total. The van der Waals surface area contributed by atoms with Crippen LogP contribution in [0.2, 0.25) is 0 Å². The highest BCUT2D eigenvalue weighted by Crippen LogP contribution is 2.20. The quantitative estimate of drug-likeness (QED) is 0.872. The minimum Gasteiger partial charge on any atom is -0.478 e. The number of amides is 1. The number of nitrogens with zero attached hydrogens (tertiary/aromatic N) is 1. The topological polar surface area (TPSA) is 57.6 Å². The van der Waals surface area contributed by atoms with Gasteiger partial charge in [-0.15, -0.1) is 0 Å². The van der Waals surface area contributed by atoms with Crippen molar-refractivity contribution >= 4 is 29.7 Å². The van der Waals surface area contributed by atoms with Crippen LogP contribution < -0.4 is 0 Å². The Balaban J connectivity index is 2.19. The van der Waals surface area contributed by atoms with Crippen molar-refractivity contribution in [3.63, 3.8) is 0 Å². The maximum Gasteiger partial charge on any atom is 0.328 e. The summed E-state index contributed by atoms with van der Waals surface area (Å²) in [6.45, 7) is 2.64. The highest BCUT2D eigenvalue weighted by molar-refractivity contribution is 7.99. The third-order valence-electron chi connectivity index (χ3n) is 3.28. The van der Waals surface area contributed by atoms with Gasteiger partial charge in [0.25, 0.3) is 5.91 Å². The molecule has 1 atom stereocenters. The zero-order chi connectivity index (χ0) is 15.4. The lowest BCUT2D eigenvalue weighted by Gasteiger charge is -2.33. The lowest BCUT2D eigenvalue weighted by molar-refractivity contribution is -0.131. The molecule has 4 nitrogen and oxygen atoms in total. The van der Waals surface area contributed by atoms with Crippen molar-refractivity contribution < 1.29 is 19.1 Å². The summed E-state index contributed by atoms with van der Waals surface area (Å²) in [6, 6.07) is 4.25. The molecule has 1 aromatic rings. The minimum atomic E-state index is -1.14. The third-order valence-corrected chi connectivity index (χ3v) is 4.47. The largest absolute Gasteiger partial charge is 0.478 e. The van der Waals surface area contributed by atoms with Crippen LogP contribution in [-0.2, 0) is 4.79 Å². The highest BCUT2D eigenvalue weighted by atomic mass is 32.2. The predicted octanol–water partition coefficient (Wildman–Crippen LogP) is 2.50. The number of carboxylic acids is 1. The average Bonchev–Trinajstić information content (AvgIpc) is 2.45. The highest BCUT2D eigenvalue weighted by Gasteiger charge is 2.24. The molecule has 1 aromatic carbocycles. The van der Waals surface area contributed by atoms with Crippen LogP contribution in [0.1, 0.15) is 22.8 Å². The lowest BCUT2D eigenvalue weighted by atomic mass is 10.1. The van der Waals surface area contributed by atoms with E-state index in [1.54, 1.807) is 16.7 Å². The van der Waals surface area contributed by atoms with Crippen molar-refractivity contribution in [3.8, 4) is 0 Å². The van der Waals surface area contributed by atoms with Gasteiger partial charge in [-0.3, -0.25) is 4.79 Å². The van der Waals surface area contributed by atoms with Gasteiger partial charge in [0.15, 0.2) is 0 Å². The molecule has 1 aliphatic rings. The maximum atomic E-state index is 13.9. The monoisotopic (exact) mass is 309 g/mol. The first-order chi connectivity index (χ1) is 9.99. The smallest absolute Gasteiger partial charge is 0.328 e. The summed E-state index contributed by atoms with van der Waals surface area (Å²) in [7, 11) is 0. The van der Waals surface area contributed by atoms with E-state index >= 15 is 0 Å². The van der Waals surface area contributed by atoms with Crippen molar-refractivity contribution in [1.29, 1.82) is 0 Å². The molecule has 1 aliphatic heterocycles. The van der Waals surface area contributed by atoms with E-state index in [2.05, 4.69) is 0 Å². The van der Waals surface area contributed by atoms with Crippen LogP contribution in [0.3, 0.4) is 0 Å². The minimum absolute atomic E-state index is 0.130. The molecule has 1 fully saturated rings. The summed E-state index contributed by atoms with van der Waals surface area (Å²) in [5, 5.41) is 8.54. The Morgan fingerprint density at radius 1 is 1.48 bits per heavy atom. The SMILES string of the molecule is CC1CSCCN1C(=O)c1ccc(C=CC(=O)O)c(F)c1. The van der Waals surface area contributed by atoms with Crippen LogP contribution >= 0.6 is 11.8 Å². The molecular weight excluding hydrogens is 293 g/mol. The van der Waals surface area contributed by atoms with Crippen molar-refractivity contribution in [2.24, 2.45) is 0 Å². The molecule has 0 saturated carbocycles. The van der Waals surface area contributed by atoms with Gasteiger partial charge in [0.1, 0.15) is 5.82 Å². The van der Waals surface area contributed by atoms with E-state index in [0.29, 0.717) is 12.1 Å². The second kappa shape index (κ2) is 6.76. The van der Waals surface area contributed by atoms with Crippen molar-refractivity contribution in [2.75, 3.05) is 18.1 Å². The number of carboxylic acid groups (broad SMARTS) is 1. The van der Waals surface area contributed by atoms with Crippen LogP contribution in [0, 0.1) is 5.82 Å². The summed E-state index contributed by atoms with van der Waals surface area (Å²) >= 11 is 1.80. The van der Waals surface area contributed by atoms with Gasteiger partial charge in [0.05, 0.1) is 0 Å². The zero-order valence-electron chi connectivity index (χ0n) is 11.6. The van der Waals surface area contributed by atoms with Gasteiger partial charge in [-0.2, -0.15) is 11.8 Å². The van der Waals surface area contributed by atoms with Gasteiger partial charge in [-0.05, 0) is 25.1 Å². The summed E-state index contributed by atoms with van der Waals surface area (Å²) < 4.78 is 13.9. The summed E-state index contributed by atoms with van der Waals surface area (Å²) in [5.41, 5.74) is 0.440. The van der Waals surface area contributed by atoms with Crippen LogP contribution in [0.15, 0.2) is 24.3 Å². The fourth-order valence-corrected chi connectivity index (χ4v) is 3.16. The maximum absolute atomic E-state index is 13.9. The summed E-state index contributed by atoms with van der Waals surface area (Å²) in [4.78, 5) is 24.6. The summed E-state index contributed by atoms with van der Waals surface area (Å²) in [6.07, 6.45) is 2.04. The Hall–Kier alpha value is -1.82. The number of rotatable bonds is 3. The molecule has 0 bridgehead atoms. The molecule has 112 valence electrons. The molecule has 0 aliphatic carbocycles. The molecule has 6 heteroatoms. The number of carbonyl (C=O) groups is 2. The Morgan fingerprint density at radius 3 is 2.86 bits per heavy atom. The number of carbonyl (C=O) groups excluding carboxylic acids is 1. The number of hydrogen-bond acceptors (Lipinski definition) is 3. The molecule has 1 saturated heterocycles. The van der Waals surface area contributed by atoms with E-state index in [1.807, 2.05) is 6.92 Å². The molecule has 0 spiro atoms. The molecule has 1 amide bonds. The molecule has 21 heavy (non-hydrogen) atoms. The molecule has 0 aromatic heterocycles. The molecule has 1 heterocycles. The Bertz CT molecular complexity index is 588. The number of hydrogen-bond donors (Lipinski definition) is 1. The standard InChI is InChI=1S/C15H16FNO3S/c1-10-9-21-7-6-17(10)15(20)12-3-2-11(13(16)8-12)4-5-14(18)19/h2-5,8,10H,6-7,9H2,1H3,(H,18,19). The first-order valence-corrected chi connectivity index (χ1v) is 7.74. The van der Waals surface area contributed by atoms with Crippen molar-refractivity contribution in [2.45, 2.75) is 13.0 Å². The van der Waals surface area contributed by atoms with E-state index in [9.17, 15) is 14.0 Å². The first kappa shape index (κ1) is 15.6. The van der Waals surface area contributed by atoms with E-state index < -0.39 is 11.8 Å². The van der Waals surface area contributed by atoms with E-state index in [1.165, 1.54) is 24.3 Å². The fraction of sp³-hybridized carbons (Fsp3) is 0.333. The second-order valence-corrected chi connectivity index (χ2v) is 5.98. The van der Waals surface area contributed by atoms with Crippen molar-refractivity contribution in [3.05, 3.63) is 41.2 Å². The molecule has 1 unspecified atom stereocenters. The van der Waals surface area contributed by atoms with Crippen molar-refractivity contribution in [1.82, 2.24) is 4.90 Å². The molecular formula is C15H16FNO3S. The van der Waals surface area contributed by atoms with Crippen LogP contribution in [0.5, 0.6) is 0 Å². The number of thioether (sulfide) groups is 1. The van der Waals surface area contributed by atoms with Gasteiger partial charge in [0, 0.05) is 41.3 Å². The second-order valence-electron chi connectivity index (χ2n) is 4.83. The lowest BCUT2D eigenvalue weighted by Crippen LogP contribution is -2.44. The van der Waals surface area contributed by atoms with Gasteiger partial charge in [-0.1, -0.05) is 6.07 Å². The van der Waals surface area contributed by atoms with E-state index in [-0.39, 0.29) is 17.5 Å². The first-order valence-electron chi connectivity index (χ1n) is 6.58. The Morgan fingerprint density at radius 2 is 2.24 bits per heavy atom. The fourth-order valence-electron chi connectivity index (χ4n) is 2.15. The average molecular weight is 309 g/mol. The van der Waals surface area contributed by atoms with Crippen LogP contribution in [-0.4, -0.2) is 46.0 Å². The Kier molecular flexibility index (Phi) is 5.01. The summed E-state index contributed by atoms with van der Waals surface area (Å²) in [5.74, 6) is -0.159. The number of halogens is 1. The molecule has 2 rings (SSSR count). The van der Waals surface area contributed by atoms with Gasteiger partial charge in [-0.25, -0.2) is 9.18 Å². The van der Waals surface area contributed by atoms with E-state index in [0.717, 1.165) is 17.6 Å². The number of benzene rings is 1. The normalized spacial score (nSPS) is 19.0. The van der Waals surface area contributed by atoms with E-state index in [4.69, 9.17) is 5.11 Å². The predicted molar refractivity (Wildman–Crippen MR) is 80.9 cm³/mol. The third kappa shape index (κ3) is 3.85. The van der Waals surface area contributed by atoms with Gasteiger partial charge >= 0.3 is 5.97 Å². The Labute approximate surface area is 126 Å². The zero-order valence-corrected chi connectivity index (χ0v) is 12.4. The number of aliphatic carboxylic acids is 1.